The number of unbranched alkanes of at least 4 members (excludes halogenated alkanes) is 1. The molecular formula is C16H24ClN3O2S. The highest BCUT2D eigenvalue weighted by Crippen LogP contribution is 2.24. The van der Waals surface area contributed by atoms with Crippen molar-refractivity contribution in [2.75, 3.05) is 6.54 Å². The van der Waals surface area contributed by atoms with E-state index in [-0.39, 0.29) is 5.91 Å². The largest absolute Gasteiger partial charge is 0.478 e. The number of carbonyl (C=O) groups excluding carboxylic acids is 1. The zero-order valence-electron chi connectivity index (χ0n) is 14.0. The fourth-order valence-corrected chi connectivity index (χ4v) is 1.98. The molecule has 1 rings (SSSR count). The van der Waals surface area contributed by atoms with Crippen LogP contribution in [0.3, 0.4) is 0 Å². The van der Waals surface area contributed by atoms with Crippen LogP contribution >= 0.6 is 23.8 Å². The highest BCUT2D eigenvalue weighted by atomic mass is 35.5. The van der Waals surface area contributed by atoms with Crippen molar-refractivity contribution in [1.29, 1.82) is 0 Å². The second-order valence-corrected chi connectivity index (χ2v) is 6.53. The maximum Gasteiger partial charge on any atom is 0.281 e. The summed E-state index contributed by atoms with van der Waals surface area (Å²) in [5, 5.41) is 4.04. The number of hydrogen-bond acceptors (Lipinski definition) is 3. The van der Waals surface area contributed by atoms with E-state index in [1.165, 1.54) is 0 Å². The zero-order chi connectivity index (χ0) is 17.5. The molecule has 0 fully saturated rings. The molecule has 0 bridgehead atoms. The van der Waals surface area contributed by atoms with Gasteiger partial charge in [0.05, 0.1) is 0 Å². The molecule has 3 N–H and O–H groups in total. The average Bonchev–Trinajstić information content (AvgIpc) is 2.48. The molecule has 0 aliphatic rings. The highest BCUT2D eigenvalue weighted by molar-refractivity contribution is 7.80. The smallest absolute Gasteiger partial charge is 0.281 e. The standard InChI is InChI=1S/C16H24ClN3O2S/c1-5-6-9-18-15(23)20-19-14(21)16(3,4)22-12-7-8-13(17)11(2)10-12/h7-8,10H,5-6,9H2,1-4H3,(H,19,21)(H2,18,20,23). The van der Waals surface area contributed by atoms with E-state index in [0.29, 0.717) is 15.9 Å². The Kier molecular flexibility index (Phi) is 7.58. The van der Waals surface area contributed by atoms with Crippen molar-refractivity contribution in [2.45, 2.75) is 46.1 Å². The Morgan fingerprint density at radius 3 is 2.65 bits per heavy atom. The molecule has 0 aliphatic carbocycles. The SMILES string of the molecule is CCCCNC(=S)NNC(=O)C(C)(C)Oc1ccc(Cl)c(C)c1. The van der Waals surface area contributed by atoms with Gasteiger partial charge in [-0.15, -0.1) is 0 Å². The first-order chi connectivity index (χ1) is 10.8. The molecule has 1 aromatic carbocycles. The van der Waals surface area contributed by atoms with Crippen LogP contribution in [-0.2, 0) is 4.79 Å². The maximum atomic E-state index is 12.2. The van der Waals surface area contributed by atoms with Crippen LogP contribution in [0.15, 0.2) is 18.2 Å². The number of hydrogen-bond donors (Lipinski definition) is 3. The number of nitrogens with one attached hydrogen (secondary N) is 3. The number of carbonyl (C=O) groups is 1. The minimum atomic E-state index is -1.06. The van der Waals surface area contributed by atoms with E-state index in [9.17, 15) is 4.79 Å². The second-order valence-electron chi connectivity index (χ2n) is 5.71. The number of ether oxygens (including phenoxy) is 1. The maximum absolute atomic E-state index is 12.2. The number of aryl methyl sites for hydroxylation is 1. The fraction of sp³-hybridized carbons (Fsp3) is 0.500. The normalized spacial score (nSPS) is 10.8. The van der Waals surface area contributed by atoms with E-state index >= 15 is 0 Å². The van der Waals surface area contributed by atoms with Crippen molar-refractivity contribution in [1.82, 2.24) is 16.2 Å². The van der Waals surface area contributed by atoms with Crippen molar-refractivity contribution in [3.63, 3.8) is 0 Å². The van der Waals surface area contributed by atoms with Gasteiger partial charge < -0.3 is 10.1 Å². The summed E-state index contributed by atoms with van der Waals surface area (Å²) in [6.45, 7) is 8.10. The lowest BCUT2D eigenvalue weighted by molar-refractivity contribution is -0.134. The third-order valence-electron chi connectivity index (χ3n) is 3.15. The predicted octanol–water partition coefficient (Wildman–Crippen LogP) is 3.10. The molecule has 0 saturated carbocycles. The molecule has 0 radical (unpaired) electrons. The predicted molar refractivity (Wildman–Crippen MR) is 97.7 cm³/mol. The minimum Gasteiger partial charge on any atom is -0.478 e. The summed E-state index contributed by atoms with van der Waals surface area (Å²) in [4.78, 5) is 12.2. The number of rotatable bonds is 6. The van der Waals surface area contributed by atoms with E-state index < -0.39 is 5.60 Å². The van der Waals surface area contributed by atoms with Crippen LogP contribution in [0.1, 0.15) is 39.2 Å². The van der Waals surface area contributed by atoms with Gasteiger partial charge in [-0.1, -0.05) is 24.9 Å². The first-order valence-corrected chi connectivity index (χ1v) is 8.34. The molecule has 0 saturated heterocycles. The summed E-state index contributed by atoms with van der Waals surface area (Å²) in [6.07, 6.45) is 2.09. The molecule has 0 heterocycles. The Morgan fingerprint density at radius 1 is 1.35 bits per heavy atom. The molecule has 0 unspecified atom stereocenters. The quantitative estimate of drug-likeness (QED) is 0.415. The number of halogens is 1. The van der Waals surface area contributed by atoms with E-state index in [1.807, 2.05) is 6.92 Å². The van der Waals surface area contributed by atoms with Crippen LogP contribution in [0, 0.1) is 6.92 Å². The Labute approximate surface area is 148 Å². The van der Waals surface area contributed by atoms with Crippen molar-refractivity contribution in [3.8, 4) is 5.75 Å². The summed E-state index contributed by atoms with van der Waals surface area (Å²) in [5.74, 6) is 0.250. The highest BCUT2D eigenvalue weighted by Gasteiger charge is 2.30. The van der Waals surface area contributed by atoms with Gasteiger partial charge in [0, 0.05) is 11.6 Å². The van der Waals surface area contributed by atoms with E-state index in [0.717, 1.165) is 24.9 Å². The van der Waals surface area contributed by atoms with Gasteiger partial charge in [0.2, 0.25) is 0 Å². The molecule has 0 aromatic heterocycles. The Morgan fingerprint density at radius 2 is 2.04 bits per heavy atom. The van der Waals surface area contributed by atoms with E-state index in [4.69, 9.17) is 28.6 Å². The first kappa shape index (κ1) is 19.5. The topological polar surface area (TPSA) is 62.4 Å². The third kappa shape index (κ3) is 6.62. The summed E-state index contributed by atoms with van der Waals surface area (Å²) < 4.78 is 5.76. The van der Waals surface area contributed by atoms with E-state index in [2.05, 4.69) is 23.1 Å². The molecule has 5 nitrogen and oxygen atoms in total. The summed E-state index contributed by atoms with van der Waals surface area (Å²) in [7, 11) is 0. The number of amides is 1. The van der Waals surface area contributed by atoms with Crippen LogP contribution in [-0.4, -0.2) is 23.2 Å². The molecule has 0 aliphatic heterocycles. The Bertz CT molecular complexity index is 564. The molecule has 128 valence electrons. The van der Waals surface area contributed by atoms with Crippen molar-refractivity contribution in [2.24, 2.45) is 0 Å². The lowest BCUT2D eigenvalue weighted by Gasteiger charge is -2.26. The number of thiocarbonyl (C=S) groups is 1. The van der Waals surface area contributed by atoms with Crippen LogP contribution < -0.4 is 20.9 Å². The summed E-state index contributed by atoms with van der Waals surface area (Å²) in [6, 6.07) is 5.27. The summed E-state index contributed by atoms with van der Waals surface area (Å²) >= 11 is 11.1. The van der Waals surface area contributed by atoms with Gasteiger partial charge >= 0.3 is 0 Å². The van der Waals surface area contributed by atoms with E-state index in [1.54, 1.807) is 32.0 Å². The van der Waals surface area contributed by atoms with Gasteiger partial charge in [-0.2, -0.15) is 0 Å². The van der Waals surface area contributed by atoms with Crippen molar-refractivity contribution in [3.05, 3.63) is 28.8 Å². The van der Waals surface area contributed by atoms with Crippen LogP contribution in [0.25, 0.3) is 0 Å². The first-order valence-electron chi connectivity index (χ1n) is 7.55. The van der Waals surface area contributed by atoms with Gasteiger partial charge in [0.1, 0.15) is 5.75 Å². The molecule has 23 heavy (non-hydrogen) atoms. The molecule has 1 amide bonds. The lowest BCUT2D eigenvalue weighted by atomic mass is 10.1. The molecule has 7 heteroatoms. The van der Waals surface area contributed by atoms with Crippen molar-refractivity contribution >= 4 is 34.8 Å². The fourth-order valence-electron chi connectivity index (χ4n) is 1.71. The Balaban J connectivity index is 2.52. The van der Waals surface area contributed by atoms with Gasteiger partial charge in [-0.3, -0.25) is 15.6 Å². The average molecular weight is 358 g/mol. The van der Waals surface area contributed by atoms with Crippen LogP contribution in [0.4, 0.5) is 0 Å². The van der Waals surface area contributed by atoms with Crippen LogP contribution in [0.5, 0.6) is 5.75 Å². The van der Waals surface area contributed by atoms with Gasteiger partial charge in [-0.25, -0.2) is 0 Å². The molecule has 0 spiro atoms. The van der Waals surface area contributed by atoms with Crippen molar-refractivity contribution < 1.29 is 9.53 Å². The van der Waals surface area contributed by atoms with Gasteiger partial charge in [-0.05, 0) is 63.2 Å². The lowest BCUT2D eigenvalue weighted by Crippen LogP contribution is -2.55. The third-order valence-corrected chi connectivity index (χ3v) is 3.83. The molecule has 1 aromatic rings. The zero-order valence-corrected chi connectivity index (χ0v) is 15.5. The van der Waals surface area contributed by atoms with Crippen LogP contribution in [0.2, 0.25) is 5.02 Å². The van der Waals surface area contributed by atoms with Gasteiger partial charge in [0.25, 0.3) is 5.91 Å². The number of hydrazine groups is 1. The number of benzene rings is 1. The second kappa shape index (κ2) is 8.93. The molecule has 0 atom stereocenters. The Hall–Kier alpha value is -1.53. The monoisotopic (exact) mass is 357 g/mol. The molecular weight excluding hydrogens is 334 g/mol. The van der Waals surface area contributed by atoms with Gasteiger partial charge in [0.15, 0.2) is 10.7 Å². The minimum absolute atomic E-state index is 0.329. The summed E-state index contributed by atoms with van der Waals surface area (Å²) in [5.41, 5.74) is 5.05.